The van der Waals surface area contributed by atoms with E-state index in [2.05, 4.69) is 15.6 Å². The van der Waals surface area contributed by atoms with Crippen LogP contribution in [0.25, 0.3) is 0 Å². The number of nitrogens with one attached hydrogen (secondary N) is 2. The van der Waals surface area contributed by atoms with Crippen LogP contribution in [0, 0.1) is 0 Å². The van der Waals surface area contributed by atoms with E-state index in [4.69, 9.17) is 28.3 Å². The second-order valence-electron chi connectivity index (χ2n) is 3.90. The number of hydrogen-bond acceptors (Lipinski definition) is 4. The molecule has 0 aliphatic carbocycles. The molecule has 0 aliphatic heterocycles. The number of halogens is 2. The Hall–Kier alpha value is -1.83. The summed E-state index contributed by atoms with van der Waals surface area (Å²) in [6, 6.07) is 1.93. The molecule has 0 unspecified atom stereocenters. The molecule has 0 bridgehead atoms. The molecule has 0 spiro atoms. The van der Waals surface area contributed by atoms with Crippen molar-refractivity contribution in [2.75, 3.05) is 5.32 Å². The Morgan fingerprint density at radius 2 is 1.95 bits per heavy atom. The molecule has 0 atom stereocenters. The van der Waals surface area contributed by atoms with E-state index in [1.165, 1.54) is 23.5 Å². The number of carbonyl (C=O) groups is 2. The van der Waals surface area contributed by atoms with Crippen molar-refractivity contribution >= 4 is 52.2 Å². The van der Waals surface area contributed by atoms with Gasteiger partial charge < -0.3 is 15.7 Å². The van der Waals surface area contributed by atoms with Crippen LogP contribution in [0.3, 0.4) is 0 Å². The van der Waals surface area contributed by atoms with Gasteiger partial charge in [-0.1, -0.05) is 23.2 Å². The zero-order chi connectivity index (χ0) is 15.4. The number of amides is 2. The fourth-order valence-corrected chi connectivity index (χ4v) is 2.59. The van der Waals surface area contributed by atoms with Gasteiger partial charge in [0.05, 0.1) is 33.4 Å². The topological polar surface area (TPSA) is 91.3 Å². The number of carboxylic acid groups (broad SMARTS) is 1. The summed E-state index contributed by atoms with van der Waals surface area (Å²) in [7, 11) is 0. The Morgan fingerprint density at radius 1 is 1.29 bits per heavy atom. The van der Waals surface area contributed by atoms with Crippen LogP contribution in [0.15, 0.2) is 23.8 Å². The maximum Gasteiger partial charge on any atom is 0.335 e. The van der Waals surface area contributed by atoms with Crippen molar-refractivity contribution in [3.05, 3.63) is 44.3 Å². The number of carboxylic acids is 1. The molecule has 2 rings (SSSR count). The van der Waals surface area contributed by atoms with Crippen LogP contribution in [0.5, 0.6) is 0 Å². The third-order valence-electron chi connectivity index (χ3n) is 2.43. The first kappa shape index (κ1) is 15.6. The highest BCUT2D eigenvalue weighted by Gasteiger charge is 2.14. The number of hydrogen-bond donors (Lipinski definition) is 3. The normalized spacial score (nSPS) is 10.2. The van der Waals surface area contributed by atoms with Gasteiger partial charge >= 0.3 is 12.0 Å². The minimum atomic E-state index is -1.15. The van der Waals surface area contributed by atoms with Gasteiger partial charge in [-0.05, 0) is 12.1 Å². The number of rotatable bonds is 4. The number of thiazole rings is 1. The van der Waals surface area contributed by atoms with Gasteiger partial charge in [-0.25, -0.2) is 9.59 Å². The van der Waals surface area contributed by atoms with Crippen LogP contribution >= 0.6 is 34.5 Å². The molecular formula is C12H9Cl2N3O3S. The zero-order valence-corrected chi connectivity index (χ0v) is 12.7. The van der Waals surface area contributed by atoms with Crippen LogP contribution in [-0.2, 0) is 6.54 Å². The van der Waals surface area contributed by atoms with Crippen molar-refractivity contribution in [1.29, 1.82) is 0 Å². The van der Waals surface area contributed by atoms with Crippen LogP contribution in [0.4, 0.5) is 10.5 Å². The van der Waals surface area contributed by atoms with E-state index in [-0.39, 0.29) is 21.3 Å². The van der Waals surface area contributed by atoms with E-state index in [0.29, 0.717) is 6.54 Å². The van der Waals surface area contributed by atoms with Gasteiger partial charge in [0.2, 0.25) is 0 Å². The fraction of sp³-hybridized carbons (Fsp3) is 0.0833. The molecule has 0 fully saturated rings. The van der Waals surface area contributed by atoms with Crippen molar-refractivity contribution in [3.8, 4) is 0 Å². The summed E-state index contributed by atoms with van der Waals surface area (Å²) < 4.78 is 0. The van der Waals surface area contributed by atoms with Gasteiger partial charge in [-0.15, -0.1) is 11.3 Å². The molecular weight excluding hydrogens is 337 g/mol. The summed E-state index contributed by atoms with van der Waals surface area (Å²) in [5, 5.41) is 14.1. The molecule has 0 radical (unpaired) electrons. The summed E-state index contributed by atoms with van der Waals surface area (Å²) in [4.78, 5) is 27.4. The highest BCUT2D eigenvalue weighted by molar-refractivity contribution is 7.09. The van der Waals surface area contributed by atoms with Crippen molar-refractivity contribution in [3.63, 3.8) is 0 Å². The lowest BCUT2D eigenvalue weighted by Crippen LogP contribution is -2.28. The molecule has 1 aromatic heterocycles. The quantitative estimate of drug-likeness (QED) is 0.791. The number of anilines is 1. The van der Waals surface area contributed by atoms with Crippen molar-refractivity contribution in [2.45, 2.75) is 6.54 Å². The molecule has 0 saturated carbocycles. The molecule has 9 heteroatoms. The molecule has 21 heavy (non-hydrogen) atoms. The highest BCUT2D eigenvalue weighted by Crippen LogP contribution is 2.31. The first-order chi connectivity index (χ1) is 9.97. The summed E-state index contributed by atoms with van der Waals surface area (Å²) >= 11 is 13.3. The van der Waals surface area contributed by atoms with Crippen LogP contribution in [0.1, 0.15) is 15.2 Å². The monoisotopic (exact) mass is 345 g/mol. The largest absolute Gasteiger partial charge is 0.478 e. The lowest BCUT2D eigenvalue weighted by Gasteiger charge is -2.11. The van der Waals surface area contributed by atoms with Crippen LogP contribution in [-0.4, -0.2) is 22.1 Å². The molecule has 2 aromatic rings. The number of carbonyl (C=O) groups excluding carboxylic acids is 1. The standard InChI is InChI=1S/C12H9Cl2N3O3S/c13-8-1-6(11(18)19)2-9(14)10(8)17-12(20)16-4-7-3-15-5-21-7/h1-3,5H,4H2,(H,18,19)(H2,16,17,20). The number of aromatic nitrogens is 1. The molecule has 2 amide bonds. The van der Waals surface area contributed by atoms with E-state index < -0.39 is 12.0 Å². The Kier molecular flexibility index (Phi) is 5.00. The SMILES string of the molecule is O=C(NCc1cncs1)Nc1c(Cl)cc(C(=O)O)cc1Cl. The van der Waals surface area contributed by atoms with E-state index in [1.54, 1.807) is 11.7 Å². The van der Waals surface area contributed by atoms with Crippen LogP contribution in [0.2, 0.25) is 10.0 Å². The molecule has 3 N–H and O–H groups in total. The number of urea groups is 1. The van der Waals surface area contributed by atoms with Gasteiger partial charge in [0.15, 0.2) is 0 Å². The lowest BCUT2D eigenvalue weighted by atomic mass is 10.2. The first-order valence-corrected chi connectivity index (χ1v) is 7.25. The Labute approximate surface area is 133 Å². The zero-order valence-electron chi connectivity index (χ0n) is 10.4. The molecule has 1 heterocycles. The number of aromatic carboxylic acids is 1. The van der Waals surface area contributed by atoms with Gasteiger partial charge in [0.25, 0.3) is 0 Å². The Balaban J connectivity index is 2.05. The average molecular weight is 346 g/mol. The predicted octanol–water partition coefficient (Wildman–Crippen LogP) is 3.47. The summed E-state index contributed by atoms with van der Waals surface area (Å²) in [5.41, 5.74) is 1.76. The van der Waals surface area contributed by atoms with E-state index in [1.807, 2.05) is 0 Å². The minimum absolute atomic E-state index is 0.0489. The first-order valence-electron chi connectivity index (χ1n) is 5.62. The molecule has 1 aromatic carbocycles. The van der Waals surface area contributed by atoms with Gasteiger partial charge in [-0.2, -0.15) is 0 Å². The third kappa shape index (κ3) is 4.07. The molecule has 0 saturated heterocycles. The number of benzene rings is 1. The van der Waals surface area contributed by atoms with Crippen molar-refractivity contribution in [1.82, 2.24) is 10.3 Å². The minimum Gasteiger partial charge on any atom is -0.478 e. The average Bonchev–Trinajstić information content (AvgIpc) is 2.93. The van der Waals surface area contributed by atoms with Crippen molar-refractivity contribution < 1.29 is 14.7 Å². The Bertz CT molecular complexity index is 653. The van der Waals surface area contributed by atoms with Crippen molar-refractivity contribution in [2.24, 2.45) is 0 Å². The Morgan fingerprint density at radius 3 is 2.48 bits per heavy atom. The van der Waals surface area contributed by atoms with E-state index in [9.17, 15) is 9.59 Å². The third-order valence-corrected chi connectivity index (χ3v) is 3.81. The van der Waals surface area contributed by atoms with Gasteiger partial charge in [0, 0.05) is 11.1 Å². The lowest BCUT2D eigenvalue weighted by molar-refractivity contribution is 0.0697. The summed E-state index contributed by atoms with van der Waals surface area (Å²) in [5.74, 6) is -1.15. The second-order valence-corrected chi connectivity index (χ2v) is 5.68. The van der Waals surface area contributed by atoms with Crippen LogP contribution < -0.4 is 10.6 Å². The fourth-order valence-electron chi connectivity index (χ4n) is 1.47. The maximum absolute atomic E-state index is 11.8. The van der Waals surface area contributed by atoms with E-state index in [0.717, 1.165) is 4.88 Å². The van der Waals surface area contributed by atoms with E-state index >= 15 is 0 Å². The number of nitrogens with zero attached hydrogens (tertiary/aromatic N) is 1. The molecule has 0 aliphatic rings. The summed E-state index contributed by atoms with van der Waals surface area (Å²) in [6.45, 7) is 0.318. The molecule has 6 nitrogen and oxygen atoms in total. The maximum atomic E-state index is 11.8. The molecule has 110 valence electrons. The van der Waals surface area contributed by atoms with Gasteiger partial charge in [-0.3, -0.25) is 4.98 Å². The summed E-state index contributed by atoms with van der Waals surface area (Å²) in [6.07, 6.45) is 1.65. The predicted molar refractivity (Wildman–Crippen MR) is 81.4 cm³/mol. The van der Waals surface area contributed by atoms with Gasteiger partial charge in [0.1, 0.15) is 0 Å². The highest BCUT2D eigenvalue weighted by atomic mass is 35.5. The second kappa shape index (κ2) is 6.75. The smallest absolute Gasteiger partial charge is 0.335 e.